The Hall–Kier alpha value is -1.57. The zero-order chi connectivity index (χ0) is 19.1. The minimum absolute atomic E-state index is 0.0409. The van der Waals surface area contributed by atoms with Gasteiger partial charge in [-0.25, -0.2) is 4.79 Å². The Morgan fingerprint density at radius 3 is 2.52 bits per heavy atom. The van der Waals surface area contributed by atoms with Gasteiger partial charge in [0, 0.05) is 38.8 Å². The quantitative estimate of drug-likeness (QED) is 0.788. The Kier molecular flexibility index (Phi) is 7.55. The van der Waals surface area contributed by atoms with Crippen molar-refractivity contribution >= 4 is 6.03 Å². The Labute approximate surface area is 162 Å². The zero-order valence-electron chi connectivity index (χ0n) is 16.7. The van der Waals surface area contributed by atoms with Gasteiger partial charge < -0.3 is 19.4 Å². The number of hydrogen-bond donors (Lipinski definition) is 1. The topological polar surface area (TPSA) is 61.2 Å². The van der Waals surface area contributed by atoms with Crippen LogP contribution < -0.4 is 5.32 Å². The van der Waals surface area contributed by atoms with E-state index >= 15 is 0 Å². The van der Waals surface area contributed by atoms with Gasteiger partial charge in [-0.2, -0.15) is 0 Å². The molecule has 2 amide bonds. The Morgan fingerprint density at radius 1 is 1.22 bits per heavy atom. The lowest BCUT2D eigenvalue weighted by Gasteiger charge is -2.40. The molecule has 0 radical (unpaired) electrons. The van der Waals surface area contributed by atoms with Gasteiger partial charge in [0.2, 0.25) is 0 Å². The third kappa shape index (κ3) is 5.24. The lowest BCUT2D eigenvalue weighted by Crippen LogP contribution is -2.52. The highest BCUT2D eigenvalue weighted by Gasteiger charge is 2.28. The lowest BCUT2D eigenvalue weighted by molar-refractivity contribution is 0.00375. The van der Waals surface area contributed by atoms with Gasteiger partial charge in [0.05, 0.1) is 25.5 Å². The van der Waals surface area contributed by atoms with E-state index in [2.05, 4.69) is 29.0 Å². The first-order valence-corrected chi connectivity index (χ1v) is 10.3. The molecule has 7 nitrogen and oxygen atoms in total. The van der Waals surface area contributed by atoms with Gasteiger partial charge >= 0.3 is 6.03 Å². The first-order chi connectivity index (χ1) is 13.2. The van der Waals surface area contributed by atoms with Gasteiger partial charge in [-0.05, 0) is 38.1 Å². The summed E-state index contributed by atoms with van der Waals surface area (Å²) in [6.07, 6.45) is 3.79. The number of ether oxygens (including phenoxy) is 1. The molecular formula is C20H34N4O3. The molecule has 2 fully saturated rings. The van der Waals surface area contributed by atoms with Crippen LogP contribution in [0.1, 0.15) is 38.5 Å². The smallest absolute Gasteiger partial charge is 0.317 e. The number of rotatable bonds is 7. The Bertz CT molecular complexity index is 548. The zero-order valence-corrected chi connectivity index (χ0v) is 16.7. The Balaban J connectivity index is 1.48. The number of amides is 2. The van der Waals surface area contributed by atoms with Gasteiger partial charge in [-0.3, -0.25) is 9.80 Å². The molecule has 27 heavy (non-hydrogen) atoms. The fraction of sp³-hybridized carbons (Fsp3) is 0.750. The van der Waals surface area contributed by atoms with Crippen molar-refractivity contribution in [1.82, 2.24) is 20.0 Å². The first kappa shape index (κ1) is 20.2. The number of carbonyl (C=O) groups is 1. The van der Waals surface area contributed by atoms with E-state index in [9.17, 15) is 4.79 Å². The van der Waals surface area contributed by atoms with E-state index < -0.39 is 0 Å². The number of morpholine rings is 1. The monoisotopic (exact) mass is 378 g/mol. The highest BCUT2D eigenvalue weighted by atomic mass is 16.5. The van der Waals surface area contributed by atoms with E-state index in [0.29, 0.717) is 12.6 Å². The summed E-state index contributed by atoms with van der Waals surface area (Å²) < 4.78 is 11.1. The summed E-state index contributed by atoms with van der Waals surface area (Å²) in [4.78, 5) is 19.5. The molecule has 1 aromatic rings. The molecule has 0 bridgehead atoms. The van der Waals surface area contributed by atoms with Crippen molar-refractivity contribution in [3.63, 3.8) is 0 Å². The number of piperidine rings is 1. The van der Waals surface area contributed by atoms with Crippen LogP contribution in [-0.4, -0.2) is 85.8 Å². The van der Waals surface area contributed by atoms with Gasteiger partial charge in [0.25, 0.3) is 0 Å². The fourth-order valence-electron chi connectivity index (χ4n) is 4.23. The molecule has 0 aliphatic carbocycles. The second kappa shape index (κ2) is 10.1. The molecular weight excluding hydrogens is 344 g/mol. The second-order valence-corrected chi connectivity index (χ2v) is 7.31. The molecule has 3 heterocycles. The third-order valence-electron chi connectivity index (χ3n) is 5.89. The Morgan fingerprint density at radius 2 is 1.93 bits per heavy atom. The summed E-state index contributed by atoms with van der Waals surface area (Å²) in [7, 11) is 0. The number of furan rings is 1. The summed E-state index contributed by atoms with van der Waals surface area (Å²) >= 11 is 0. The van der Waals surface area contributed by atoms with Gasteiger partial charge in [-0.15, -0.1) is 0 Å². The van der Waals surface area contributed by atoms with Crippen molar-refractivity contribution < 1.29 is 13.9 Å². The summed E-state index contributed by atoms with van der Waals surface area (Å²) in [5, 5.41) is 3.14. The second-order valence-electron chi connectivity index (χ2n) is 7.31. The number of urea groups is 1. The molecule has 1 aromatic heterocycles. The molecule has 2 aliphatic rings. The van der Waals surface area contributed by atoms with E-state index in [1.54, 1.807) is 6.26 Å². The maximum Gasteiger partial charge on any atom is 0.317 e. The molecule has 0 aromatic carbocycles. The van der Waals surface area contributed by atoms with Crippen LogP contribution in [0.2, 0.25) is 0 Å². The summed E-state index contributed by atoms with van der Waals surface area (Å²) in [6, 6.07) is 4.60. The highest BCUT2D eigenvalue weighted by molar-refractivity contribution is 5.74. The normalized spacial score (nSPS) is 20.8. The predicted molar refractivity (Wildman–Crippen MR) is 105 cm³/mol. The van der Waals surface area contributed by atoms with Crippen molar-refractivity contribution in [2.24, 2.45) is 0 Å². The van der Waals surface area contributed by atoms with E-state index in [-0.39, 0.29) is 12.1 Å². The maximum absolute atomic E-state index is 12.7. The van der Waals surface area contributed by atoms with Gasteiger partial charge in [-0.1, -0.05) is 13.8 Å². The van der Waals surface area contributed by atoms with E-state index in [1.165, 1.54) is 0 Å². The number of carbonyl (C=O) groups excluding carboxylic acids is 1. The van der Waals surface area contributed by atoms with Crippen molar-refractivity contribution in [2.75, 3.05) is 59.0 Å². The van der Waals surface area contributed by atoms with Crippen LogP contribution in [0, 0.1) is 0 Å². The van der Waals surface area contributed by atoms with Crippen LogP contribution in [0.5, 0.6) is 0 Å². The largest absolute Gasteiger partial charge is 0.468 e. The molecule has 152 valence electrons. The van der Waals surface area contributed by atoms with Crippen LogP contribution in [-0.2, 0) is 4.74 Å². The first-order valence-electron chi connectivity index (χ1n) is 10.3. The van der Waals surface area contributed by atoms with Crippen LogP contribution in [0.25, 0.3) is 0 Å². The lowest BCUT2D eigenvalue weighted by atomic mass is 10.0. The van der Waals surface area contributed by atoms with Gasteiger partial charge in [0.1, 0.15) is 5.76 Å². The van der Waals surface area contributed by atoms with Crippen molar-refractivity contribution in [3.05, 3.63) is 24.2 Å². The molecule has 1 atom stereocenters. The van der Waals surface area contributed by atoms with Crippen LogP contribution >= 0.6 is 0 Å². The van der Waals surface area contributed by atoms with E-state index in [0.717, 1.165) is 71.1 Å². The van der Waals surface area contributed by atoms with Crippen LogP contribution in [0.3, 0.4) is 0 Å². The standard InChI is InChI=1S/C20H34N4O3/c1-3-22(4-2)18(19-6-5-13-27-19)16-21-20(25)24-9-7-17(8-10-24)23-11-14-26-15-12-23/h5-6,13,17-18H,3-4,7-12,14-16H2,1-2H3,(H,21,25)/t18-/m0/s1. The molecule has 7 heteroatoms. The fourth-order valence-corrected chi connectivity index (χ4v) is 4.23. The number of likely N-dealkylation sites (N-methyl/N-ethyl adjacent to an activating group) is 1. The molecule has 3 rings (SSSR count). The predicted octanol–water partition coefficient (Wildman–Crippen LogP) is 2.17. The van der Waals surface area contributed by atoms with Crippen LogP contribution in [0.15, 0.2) is 22.8 Å². The van der Waals surface area contributed by atoms with E-state index in [4.69, 9.17) is 9.15 Å². The highest BCUT2D eigenvalue weighted by Crippen LogP contribution is 2.21. The maximum atomic E-state index is 12.7. The summed E-state index contributed by atoms with van der Waals surface area (Å²) in [6.45, 7) is 12.0. The SMILES string of the molecule is CCN(CC)[C@@H](CNC(=O)N1CCC(N2CCOCC2)CC1)c1ccco1. The molecule has 0 saturated carbocycles. The van der Waals surface area contributed by atoms with Gasteiger partial charge in [0.15, 0.2) is 0 Å². The molecule has 0 spiro atoms. The average Bonchev–Trinajstić information content (AvgIpc) is 3.26. The summed E-state index contributed by atoms with van der Waals surface area (Å²) in [5.74, 6) is 0.907. The molecule has 2 aliphatic heterocycles. The van der Waals surface area contributed by atoms with Crippen molar-refractivity contribution in [1.29, 1.82) is 0 Å². The summed E-state index contributed by atoms with van der Waals surface area (Å²) in [5.41, 5.74) is 0. The third-order valence-corrected chi connectivity index (χ3v) is 5.89. The number of likely N-dealkylation sites (tertiary alicyclic amines) is 1. The molecule has 2 saturated heterocycles. The average molecular weight is 379 g/mol. The number of hydrogen-bond acceptors (Lipinski definition) is 5. The van der Waals surface area contributed by atoms with Crippen LogP contribution in [0.4, 0.5) is 4.79 Å². The molecule has 1 N–H and O–H groups in total. The number of nitrogens with one attached hydrogen (secondary N) is 1. The number of nitrogens with zero attached hydrogens (tertiary/aromatic N) is 3. The minimum atomic E-state index is 0.0409. The van der Waals surface area contributed by atoms with E-state index in [1.807, 2.05) is 17.0 Å². The molecule has 0 unspecified atom stereocenters. The van der Waals surface area contributed by atoms with Crippen molar-refractivity contribution in [3.8, 4) is 0 Å². The minimum Gasteiger partial charge on any atom is -0.468 e. The van der Waals surface area contributed by atoms with Crippen molar-refractivity contribution in [2.45, 2.75) is 38.8 Å².